The van der Waals surface area contributed by atoms with Crippen LogP contribution in [-0.2, 0) is 9.63 Å². The number of hydrogen-bond donors (Lipinski definition) is 0. The molecule has 1 fully saturated rings. The molecule has 0 aromatic carbocycles. The fraction of sp³-hybridized carbons (Fsp3) is 0.909. The molecular weight excluding hydrogens is 192 g/mol. The summed E-state index contributed by atoms with van der Waals surface area (Å²) in [4.78, 5) is 19.3. The lowest BCUT2D eigenvalue weighted by molar-refractivity contribution is -0.182. The second-order valence-corrected chi connectivity index (χ2v) is 4.66. The van der Waals surface area contributed by atoms with E-state index in [9.17, 15) is 4.79 Å². The first kappa shape index (κ1) is 12.5. The quantitative estimate of drug-likeness (QED) is 0.709. The Kier molecular flexibility index (Phi) is 4.11. The Labute approximate surface area is 92.1 Å². The van der Waals surface area contributed by atoms with Crippen LogP contribution in [0.25, 0.3) is 0 Å². The van der Waals surface area contributed by atoms with Gasteiger partial charge in [0.15, 0.2) is 6.10 Å². The number of hydrogen-bond acceptors (Lipinski definition) is 3. The highest BCUT2D eigenvalue weighted by molar-refractivity contribution is 5.81. The van der Waals surface area contributed by atoms with Crippen LogP contribution in [0.4, 0.5) is 0 Å². The average molecular weight is 214 g/mol. The van der Waals surface area contributed by atoms with Crippen LogP contribution in [0.2, 0.25) is 0 Å². The number of likely N-dealkylation sites (N-methyl/N-ethyl adjacent to an activating group) is 1. The zero-order valence-electron chi connectivity index (χ0n) is 10.4. The molecule has 0 N–H and O–H groups in total. The van der Waals surface area contributed by atoms with E-state index in [1.54, 1.807) is 4.90 Å². The van der Waals surface area contributed by atoms with Crippen molar-refractivity contribution in [2.24, 2.45) is 0 Å². The highest BCUT2D eigenvalue weighted by Gasteiger charge is 2.33. The molecule has 1 unspecified atom stereocenters. The third kappa shape index (κ3) is 2.92. The number of amides is 1. The Morgan fingerprint density at radius 2 is 2.00 bits per heavy atom. The van der Waals surface area contributed by atoms with E-state index < -0.39 is 0 Å². The molecule has 0 aliphatic carbocycles. The van der Waals surface area contributed by atoms with Crippen LogP contribution in [0, 0.1) is 0 Å². The zero-order valence-corrected chi connectivity index (χ0v) is 10.4. The predicted molar refractivity (Wildman–Crippen MR) is 59.2 cm³/mol. The third-order valence-electron chi connectivity index (χ3n) is 2.85. The van der Waals surface area contributed by atoms with Gasteiger partial charge in [0.1, 0.15) is 0 Å². The number of hydroxylamine groups is 2. The molecule has 88 valence electrons. The van der Waals surface area contributed by atoms with Gasteiger partial charge in [-0.05, 0) is 34.1 Å². The van der Waals surface area contributed by atoms with Crippen LogP contribution in [-0.4, -0.2) is 47.7 Å². The highest BCUT2D eigenvalue weighted by Crippen LogP contribution is 2.18. The number of carbonyl (C=O) groups is 1. The lowest BCUT2D eigenvalue weighted by Gasteiger charge is -2.25. The molecular formula is C11H22N2O2. The van der Waals surface area contributed by atoms with Crippen LogP contribution >= 0.6 is 0 Å². The summed E-state index contributed by atoms with van der Waals surface area (Å²) in [6, 6.07) is 0.571. The molecule has 4 heteroatoms. The van der Waals surface area contributed by atoms with Gasteiger partial charge in [0, 0.05) is 25.7 Å². The Morgan fingerprint density at radius 1 is 1.40 bits per heavy atom. The van der Waals surface area contributed by atoms with Gasteiger partial charge in [0.2, 0.25) is 0 Å². The highest BCUT2D eigenvalue weighted by atomic mass is 16.7. The first-order valence-corrected chi connectivity index (χ1v) is 5.63. The molecule has 1 heterocycles. The van der Waals surface area contributed by atoms with Crippen molar-refractivity contribution >= 4 is 5.91 Å². The van der Waals surface area contributed by atoms with Gasteiger partial charge < -0.3 is 4.90 Å². The SMILES string of the molecule is CC(C)N1CCC(C(=O)N(C)C(C)C)O1. The normalized spacial score (nSPS) is 22.7. The second-order valence-electron chi connectivity index (χ2n) is 4.66. The van der Waals surface area contributed by atoms with Crippen molar-refractivity contribution in [2.75, 3.05) is 13.6 Å². The fourth-order valence-corrected chi connectivity index (χ4v) is 1.54. The van der Waals surface area contributed by atoms with Gasteiger partial charge in [-0.2, -0.15) is 5.06 Å². The maximum absolute atomic E-state index is 11.9. The van der Waals surface area contributed by atoms with Gasteiger partial charge in [0.25, 0.3) is 5.91 Å². The Balaban J connectivity index is 2.50. The summed E-state index contributed by atoms with van der Waals surface area (Å²) < 4.78 is 0. The Hall–Kier alpha value is -0.610. The van der Waals surface area contributed by atoms with Gasteiger partial charge in [-0.25, -0.2) is 0 Å². The first-order valence-electron chi connectivity index (χ1n) is 5.63. The van der Waals surface area contributed by atoms with Crippen molar-refractivity contribution in [2.45, 2.75) is 52.3 Å². The molecule has 0 aromatic heterocycles. The number of rotatable bonds is 3. The minimum absolute atomic E-state index is 0.0909. The van der Waals surface area contributed by atoms with Crippen LogP contribution in [0.5, 0.6) is 0 Å². The lowest BCUT2D eigenvalue weighted by atomic mass is 10.2. The van der Waals surface area contributed by atoms with Crippen molar-refractivity contribution in [1.82, 2.24) is 9.96 Å². The van der Waals surface area contributed by atoms with Crippen molar-refractivity contribution in [1.29, 1.82) is 0 Å². The summed E-state index contributed by atoms with van der Waals surface area (Å²) in [5, 5.41) is 1.89. The van der Waals surface area contributed by atoms with Crippen molar-refractivity contribution in [3.63, 3.8) is 0 Å². The molecule has 0 spiro atoms. The zero-order chi connectivity index (χ0) is 11.6. The van der Waals surface area contributed by atoms with Crippen LogP contribution < -0.4 is 0 Å². The molecule has 1 atom stereocenters. The van der Waals surface area contributed by atoms with E-state index in [0.29, 0.717) is 6.04 Å². The van der Waals surface area contributed by atoms with E-state index in [2.05, 4.69) is 13.8 Å². The minimum atomic E-state index is -0.278. The molecule has 1 rings (SSSR count). The summed E-state index contributed by atoms with van der Waals surface area (Å²) in [6.07, 6.45) is 0.522. The largest absolute Gasteiger partial charge is 0.341 e. The summed E-state index contributed by atoms with van der Waals surface area (Å²) in [5.41, 5.74) is 0. The third-order valence-corrected chi connectivity index (χ3v) is 2.85. The van der Waals surface area contributed by atoms with E-state index in [0.717, 1.165) is 13.0 Å². The van der Waals surface area contributed by atoms with Crippen LogP contribution in [0.1, 0.15) is 34.1 Å². The Morgan fingerprint density at radius 3 is 2.40 bits per heavy atom. The van der Waals surface area contributed by atoms with Gasteiger partial charge >= 0.3 is 0 Å². The minimum Gasteiger partial charge on any atom is -0.341 e. The summed E-state index contributed by atoms with van der Waals surface area (Å²) in [7, 11) is 1.83. The summed E-state index contributed by atoms with van der Waals surface area (Å²) >= 11 is 0. The second kappa shape index (κ2) is 4.94. The molecule has 15 heavy (non-hydrogen) atoms. The van der Waals surface area contributed by atoms with Gasteiger partial charge in [-0.15, -0.1) is 0 Å². The molecule has 0 radical (unpaired) electrons. The van der Waals surface area contributed by atoms with E-state index in [4.69, 9.17) is 4.84 Å². The standard InChI is InChI=1S/C11H22N2O2/c1-8(2)12(5)11(14)10-6-7-13(15-10)9(3)4/h8-10H,6-7H2,1-5H3. The topological polar surface area (TPSA) is 32.8 Å². The van der Waals surface area contributed by atoms with Crippen LogP contribution in [0.3, 0.4) is 0 Å². The van der Waals surface area contributed by atoms with Crippen molar-refractivity contribution in [3.05, 3.63) is 0 Å². The van der Waals surface area contributed by atoms with E-state index in [-0.39, 0.29) is 18.1 Å². The smallest absolute Gasteiger partial charge is 0.253 e. The van der Waals surface area contributed by atoms with E-state index in [1.165, 1.54) is 0 Å². The van der Waals surface area contributed by atoms with Crippen molar-refractivity contribution in [3.8, 4) is 0 Å². The fourth-order valence-electron chi connectivity index (χ4n) is 1.54. The number of nitrogens with zero attached hydrogens (tertiary/aromatic N) is 2. The molecule has 4 nitrogen and oxygen atoms in total. The molecule has 0 saturated carbocycles. The van der Waals surface area contributed by atoms with Crippen LogP contribution in [0.15, 0.2) is 0 Å². The van der Waals surface area contributed by atoms with E-state index >= 15 is 0 Å². The predicted octanol–water partition coefficient (Wildman–Crippen LogP) is 1.27. The molecule has 0 bridgehead atoms. The Bertz CT molecular complexity index is 229. The maximum atomic E-state index is 11.9. The number of carbonyl (C=O) groups excluding carboxylic acids is 1. The van der Waals surface area contributed by atoms with E-state index in [1.807, 2.05) is 26.0 Å². The molecule has 1 amide bonds. The average Bonchev–Trinajstić information content (AvgIpc) is 2.64. The summed E-state index contributed by atoms with van der Waals surface area (Å²) in [6.45, 7) is 9.00. The molecule has 1 saturated heterocycles. The van der Waals surface area contributed by atoms with Crippen molar-refractivity contribution < 1.29 is 9.63 Å². The maximum Gasteiger partial charge on any atom is 0.253 e. The monoisotopic (exact) mass is 214 g/mol. The van der Waals surface area contributed by atoms with Gasteiger partial charge in [-0.1, -0.05) is 0 Å². The first-order chi connectivity index (χ1) is 6.93. The van der Waals surface area contributed by atoms with Gasteiger partial charge in [0.05, 0.1) is 0 Å². The molecule has 0 aromatic rings. The molecule has 1 aliphatic heterocycles. The summed E-state index contributed by atoms with van der Waals surface area (Å²) in [5.74, 6) is 0.0909. The lowest BCUT2D eigenvalue weighted by Crippen LogP contribution is -2.41. The van der Waals surface area contributed by atoms with Gasteiger partial charge in [-0.3, -0.25) is 9.63 Å². The molecule has 1 aliphatic rings.